The summed E-state index contributed by atoms with van der Waals surface area (Å²) in [5.41, 5.74) is 0. The Labute approximate surface area is 121 Å². The van der Waals surface area contributed by atoms with Crippen molar-refractivity contribution in [2.45, 2.75) is 36.8 Å². The van der Waals surface area contributed by atoms with Crippen LogP contribution < -0.4 is 0 Å². The average Bonchev–Trinajstić information content (AvgIpc) is 2.84. The summed E-state index contributed by atoms with van der Waals surface area (Å²) < 4.78 is 28.7. The largest absolute Gasteiger partial charge is 0.339 e. The van der Waals surface area contributed by atoms with Gasteiger partial charge >= 0.3 is 0 Å². The normalized spacial score (nSPS) is 21.5. The van der Waals surface area contributed by atoms with E-state index in [1.54, 1.807) is 22.1 Å². The van der Waals surface area contributed by atoms with Crippen molar-refractivity contribution in [1.29, 1.82) is 0 Å². The number of nitrogens with zero attached hydrogens (tertiary/aromatic N) is 4. The van der Waals surface area contributed by atoms with E-state index in [0.29, 0.717) is 6.54 Å². The summed E-state index contributed by atoms with van der Waals surface area (Å²) in [5.74, 6) is 0. The van der Waals surface area contributed by atoms with Crippen molar-refractivity contribution >= 4 is 10.0 Å². The molecular weight excluding hydrogens is 276 g/mol. The van der Waals surface area contributed by atoms with Crippen LogP contribution in [0.3, 0.4) is 0 Å². The van der Waals surface area contributed by atoms with Gasteiger partial charge in [-0.3, -0.25) is 0 Å². The van der Waals surface area contributed by atoms with E-state index in [0.717, 1.165) is 32.2 Å². The molecular formula is C13H24N4O2S. The first-order chi connectivity index (χ1) is 9.41. The van der Waals surface area contributed by atoms with Gasteiger partial charge in [-0.25, -0.2) is 13.4 Å². The second kappa shape index (κ2) is 6.24. The zero-order valence-electron chi connectivity index (χ0n) is 12.5. The summed E-state index contributed by atoms with van der Waals surface area (Å²) in [6.45, 7) is 1.51. The van der Waals surface area contributed by atoms with E-state index in [-0.39, 0.29) is 11.1 Å². The summed E-state index contributed by atoms with van der Waals surface area (Å²) >= 11 is 0. The Morgan fingerprint density at radius 2 is 2.15 bits per heavy atom. The van der Waals surface area contributed by atoms with Gasteiger partial charge in [-0.2, -0.15) is 4.31 Å². The Hall–Kier alpha value is -0.920. The zero-order valence-corrected chi connectivity index (χ0v) is 13.3. The van der Waals surface area contributed by atoms with Gasteiger partial charge in [0.25, 0.3) is 10.0 Å². The van der Waals surface area contributed by atoms with Gasteiger partial charge in [0.2, 0.25) is 0 Å². The molecule has 114 valence electrons. The van der Waals surface area contributed by atoms with Crippen LogP contribution >= 0.6 is 0 Å². The van der Waals surface area contributed by atoms with Crippen molar-refractivity contribution < 1.29 is 8.42 Å². The van der Waals surface area contributed by atoms with E-state index < -0.39 is 10.0 Å². The van der Waals surface area contributed by atoms with Gasteiger partial charge in [-0.05, 0) is 39.9 Å². The lowest BCUT2D eigenvalue weighted by Gasteiger charge is -2.34. The number of hydrogen-bond acceptors (Lipinski definition) is 4. The first kappa shape index (κ1) is 15.5. The Bertz CT molecular complexity index is 538. The summed E-state index contributed by atoms with van der Waals surface area (Å²) in [6.07, 6.45) is 6.97. The molecule has 7 heteroatoms. The van der Waals surface area contributed by atoms with Gasteiger partial charge in [-0.1, -0.05) is 6.42 Å². The molecule has 0 aromatic carbocycles. The molecule has 0 N–H and O–H groups in total. The minimum Gasteiger partial charge on any atom is -0.339 e. The molecule has 1 saturated heterocycles. The van der Waals surface area contributed by atoms with E-state index >= 15 is 0 Å². The lowest BCUT2D eigenvalue weighted by Crippen LogP contribution is -2.44. The molecule has 0 spiro atoms. The van der Waals surface area contributed by atoms with Crippen LogP contribution in [0.25, 0.3) is 0 Å². The molecule has 1 aromatic rings. The first-order valence-electron chi connectivity index (χ1n) is 7.06. The van der Waals surface area contributed by atoms with Crippen LogP contribution in [0, 0.1) is 0 Å². The van der Waals surface area contributed by atoms with Gasteiger partial charge < -0.3 is 9.47 Å². The van der Waals surface area contributed by atoms with Crippen molar-refractivity contribution in [3.8, 4) is 0 Å². The van der Waals surface area contributed by atoms with E-state index in [1.165, 1.54) is 6.33 Å². The maximum absolute atomic E-state index is 12.7. The summed E-state index contributed by atoms with van der Waals surface area (Å²) in [7, 11) is 2.36. The number of aromatic nitrogens is 2. The summed E-state index contributed by atoms with van der Waals surface area (Å²) in [4.78, 5) is 6.11. The van der Waals surface area contributed by atoms with Crippen molar-refractivity contribution in [3.05, 3.63) is 12.5 Å². The molecule has 1 aliphatic heterocycles. The smallest absolute Gasteiger partial charge is 0.262 e. The van der Waals surface area contributed by atoms with Crippen LogP contribution in [0.1, 0.15) is 25.7 Å². The predicted octanol–water partition coefficient (Wildman–Crippen LogP) is 0.915. The molecule has 0 amide bonds. The van der Waals surface area contributed by atoms with Crippen LogP contribution in [0.4, 0.5) is 0 Å². The average molecular weight is 300 g/mol. The highest BCUT2D eigenvalue weighted by Crippen LogP contribution is 2.26. The van der Waals surface area contributed by atoms with Crippen molar-refractivity contribution in [1.82, 2.24) is 18.8 Å². The molecule has 0 radical (unpaired) electrons. The first-order valence-corrected chi connectivity index (χ1v) is 8.50. The van der Waals surface area contributed by atoms with Crippen LogP contribution in [0.15, 0.2) is 17.6 Å². The molecule has 1 atom stereocenters. The van der Waals surface area contributed by atoms with Crippen molar-refractivity contribution in [2.75, 3.05) is 27.2 Å². The van der Waals surface area contributed by atoms with E-state index in [9.17, 15) is 8.42 Å². The monoisotopic (exact) mass is 300 g/mol. The minimum atomic E-state index is -3.46. The third-order valence-electron chi connectivity index (χ3n) is 3.74. The standard InChI is InChI=1S/C13H24N4O2S/c1-15(2)9-7-12-6-4-5-8-17(12)20(18,19)13-10-16(3)11-14-13/h10-12H,4-9H2,1-3H3/t12-/m1/s1. The minimum absolute atomic E-state index is 0.0955. The van der Waals surface area contributed by atoms with Gasteiger partial charge in [0, 0.05) is 25.8 Å². The molecule has 2 heterocycles. The SMILES string of the molecule is CN(C)CC[C@H]1CCCCN1S(=O)(=O)c1cn(C)cn1. The second-order valence-electron chi connectivity index (χ2n) is 5.73. The topological polar surface area (TPSA) is 58.4 Å². The number of imidazole rings is 1. The van der Waals surface area contributed by atoms with Crippen LogP contribution in [0.2, 0.25) is 0 Å². The van der Waals surface area contributed by atoms with Crippen LogP contribution in [-0.4, -0.2) is 60.4 Å². The quantitative estimate of drug-likeness (QED) is 0.811. The van der Waals surface area contributed by atoms with E-state index in [4.69, 9.17) is 0 Å². The number of hydrogen-bond donors (Lipinski definition) is 0. The molecule has 0 aliphatic carbocycles. The van der Waals surface area contributed by atoms with Gasteiger partial charge in [0.1, 0.15) is 0 Å². The van der Waals surface area contributed by atoms with Crippen molar-refractivity contribution in [2.24, 2.45) is 7.05 Å². The highest BCUT2D eigenvalue weighted by molar-refractivity contribution is 7.89. The van der Waals surface area contributed by atoms with E-state index in [1.807, 2.05) is 14.1 Å². The lowest BCUT2D eigenvalue weighted by atomic mass is 10.0. The van der Waals surface area contributed by atoms with E-state index in [2.05, 4.69) is 9.88 Å². The van der Waals surface area contributed by atoms with Gasteiger partial charge in [-0.15, -0.1) is 0 Å². The second-order valence-corrected chi connectivity index (χ2v) is 7.57. The Morgan fingerprint density at radius 1 is 1.40 bits per heavy atom. The fourth-order valence-electron chi connectivity index (χ4n) is 2.63. The third kappa shape index (κ3) is 3.39. The number of piperidine rings is 1. The molecule has 2 rings (SSSR count). The van der Waals surface area contributed by atoms with Gasteiger partial charge in [0.15, 0.2) is 5.03 Å². The molecule has 0 unspecified atom stereocenters. The molecule has 6 nitrogen and oxygen atoms in total. The Morgan fingerprint density at radius 3 is 2.75 bits per heavy atom. The maximum Gasteiger partial charge on any atom is 0.262 e. The highest BCUT2D eigenvalue weighted by atomic mass is 32.2. The summed E-state index contributed by atoms with van der Waals surface area (Å²) in [5, 5.41) is 0.164. The van der Waals surface area contributed by atoms with Crippen molar-refractivity contribution in [3.63, 3.8) is 0 Å². The van der Waals surface area contributed by atoms with Gasteiger partial charge in [0.05, 0.1) is 6.33 Å². The zero-order chi connectivity index (χ0) is 14.8. The molecule has 0 bridgehead atoms. The number of rotatable bonds is 5. The Kier molecular flexibility index (Phi) is 4.82. The molecule has 20 heavy (non-hydrogen) atoms. The number of aryl methyl sites for hydroxylation is 1. The van der Waals surface area contributed by atoms with Crippen LogP contribution in [0.5, 0.6) is 0 Å². The van der Waals surface area contributed by atoms with Crippen LogP contribution in [-0.2, 0) is 17.1 Å². The molecule has 1 fully saturated rings. The predicted molar refractivity (Wildman–Crippen MR) is 77.9 cm³/mol. The maximum atomic E-state index is 12.7. The molecule has 1 aromatic heterocycles. The third-order valence-corrected chi connectivity index (χ3v) is 5.57. The molecule has 1 aliphatic rings. The summed E-state index contributed by atoms with van der Waals surface area (Å²) in [6, 6.07) is 0.0955. The number of sulfonamides is 1. The Balaban J connectivity index is 2.18. The molecule has 0 saturated carbocycles. The fourth-order valence-corrected chi connectivity index (χ4v) is 4.32. The fraction of sp³-hybridized carbons (Fsp3) is 0.769. The lowest BCUT2D eigenvalue weighted by molar-refractivity contribution is 0.222. The highest BCUT2D eigenvalue weighted by Gasteiger charge is 2.34.